The Balaban J connectivity index is 2.26. The van der Waals surface area contributed by atoms with Crippen molar-refractivity contribution in [2.75, 3.05) is 10.5 Å². The summed E-state index contributed by atoms with van der Waals surface area (Å²) in [7, 11) is -3.58. The lowest BCUT2D eigenvalue weighted by atomic mass is 10.2. The number of hydrogen-bond acceptors (Lipinski definition) is 3. The zero-order chi connectivity index (χ0) is 16.0. The average Bonchev–Trinajstić information content (AvgIpc) is 2.54. The van der Waals surface area contributed by atoms with Crippen molar-refractivity contribution in [2.45, 2.75) is 23.1 Å². The van der Waals surface area contributed by atoms with Gasteiger partial charge in [0.1, 0.15) is 0 Å². The molecule has 0 bridgehead atoms. The number of nitrogens with one attached hydrogen (secondary N) is 1. The van der Waals surface area contributed by atoms with Gasteiger partial charge >= 0.3 is 0 Å². The lowest BCUT2D eigenvalue weighted by Crippen LogP contribution is -2.13. The standard InChI is InChI=1S/C17H19NO2S2/c1-3-13-21-17-8-6-5-7-16(17)18-22(19,20)15-11-9-14(4-2)10-12-15/h3,5-12,18H,1,4,13H2,2H3. The molecule has 0 spiro atoms. The Morgan fingerprint density at radius 1 is 1.14 bits per heavy atom. The SMILES string of the molecule is C=CCSc1ccccc1NS(=O)(=O)c1ccc(CC)cc1. The fourth-order valence-corrected chi connectivity index (χ4v) is 3.82. The van der Waals surface area contributed by atoms with E-state index in [1.54, 1.807) is 36.0 Å². The minimum Gasteiger partial charge on any atom is -0.278 e. The molecule has 0 aliphatic rings. The van der Waals surface area contributed by atoms with Crippen LogP contribution < -0.4 is 4.72 Å². The fraction of sp³-hybridized carbons (Fsp3) is 0.176. The molecular weight excluding hydrogens is 314 g/mol. The Hall–Kier alpha value is -1.72. The third-order valence-corrected chi connectivity index (χ3v) is 5.58. The Labute approximate surface area is 136 Å². The normalized spacial score (nSPS) is 11.1. The molecule has 0 saturated heterocycles. The number of thioether (sulfide) groups is 1. The summed E-state index contributed by atoms with van der Waals surface area (Å²) < 4.78 is 27.6. The van der Waals surface area contributed by atoms with Crippen LogP contribution in [-0.2, 0) is 16.4 Å². The largest absolute Gasteiger partial charge is 0.278 e. The van der Waals surface area contributed by atoms with Crippen LogP contribution in [0.15, 0.2) is 71.0 Å². The van der Waals surface area contributed by atoms with Gasteiger partial charge in [-0.25, -0.2) is 8.42 Å². The minimum absolute atomic E-state index is 0.272. The van der Waals surface area contributed by atoms with Gasteiger partial charge in [-0.1, -0.05) is 37.3 Å². The molecule has 22 heavy (non-hydrogen) atoms. The first-order valence-electron chi connectivity index (χ1n) is 7.01. The van der Waals surface area contributed by atoms with Crippen molar-refractivity contribution >= 4 is 27.5 Å². The molecule has 0 amide bonds. The summed E-state index contributed by atoms with van der Waals surface area (Å²) in [6.45, 7) is 5.72. The summed E-state index contributed by atoms with van der Waals surface area (Å²) in [5, 5.41) is 0. The van der Waals surface area contributed by atoms with Crippen LogP contribution in [0.5, 0.6) is 0 Å². The first kappa shape index (κ1) is 16.6. The van der Waals surface area contributed by atoms with Gasteiger partial charge in [0.05, 0.1) is 10.6 Å². The second kappa shape index (κ2) is 7.51. The van der Waals surface area contributed by atoms with Crippen LogP contribution in [0.1, 0.15) is 12.5 Å². The van der Waals surface area contributed by atoms with E-state index in [-0.39, 0.29) is 4.90 Å². The van der Waals surface area contributed by atoms with Crippen LogP contribution in [-0.4, -0.2) is 14.2 Å². The molecule has 5 heteroatoms. The lowest BCUT2D eigenvalue weighted by molar-refractivity contribution is 0.601. The monoisotopic (exact) mass is 333 g/mol. The summed E-state index contributed by atoms with van der Waals surface area (Å²) in [6, 6.07) is 14.3. The highest BCUT2D eigenvalue weighted by atomic mass is 32.2. The Morgan fingerprint density at radius 2 is 1.82 bits per heavy atom. The van der Waals surface area contributed by atoms with Gasteiger partial charge in [-0.05, 0) is 36.2 Å². The molecule has 0 aliphatic heterocycles. The third kappa shape index (κ3) is 4.15. The van der Waals surface area contributed by atoms with Crippen molar-refractivity contribution in [2.24, 2.45) is 0 Å². The van der Waals surface area contributed by atoms with E-state index in [1.807, 2.05) is 37.3 Å². The number of anilines is 1. The van der Waals surface area contributed by atoms with Crippen molar-refractivity contribution in [1.82, 2.24) is 0 Å². The molecule has 0 atom stereocenters. The van der Waals surface area contributed by atoms with Gasteiger partial charge < -0.3 is 0 Å². The van der Waals surface area contributed by atoms with Crippen molar-refractivity contribution in [3.05, 3.63) is 66.7 Å². The Bertz CT molecular complexity index is 738. The van der Waals surface area contributed by atoms with Gasteiger partial charge in [0, 0.05) is 10.6 Å². The Morgan fingerprint density at radius 3 is 2.45 bits per heavy atom. The molecule has 1 N–H and O–H groups in total. The highest BCUT2D eigenvalue weighted by molar-refractivity contribution is 7.99. The van der Waals surface area contributed by atoms with Gasteiger partial charge in [-0.15, -0.1) is 18.3 Å². The van der Waals surface area contributed by atoms with Crippen molar-refractivity contribution in [3.63, 3.8) is 0 Å². The van der Waals surface area contributed by atoms with E-state index in [1.165, 1.54) is 0 Å². The van der Waals surface area contributed by atoms with Gasteiger partial charge in [0.2, 0.25) is 0 Å². The number of hydrogen-bond donors (Lipinski definition) is 1. The van der Waals surface area contributed by atoms with E-state index in [4.69, 9.17) is 0 Å². The predicted octanol–water partition coefficient (Wildman–Crippen LogP) is 4.33. The number of sulfonamides is 1. The molecule has 2 aromatic rings. The second-order valence-corrected chi connectivity index (χ2v) is 7.44. The molecular formula is C17H19NO2S2. The molecule has 0 heterocycles. The molecule has 0 aliphatic carbocycles. The first-order chi connectivity index (χ1) is 10.6. The first-order valence-corrected chi connectivity index (χ1v) is 9.48. The molecule has 0 radical (unpaired) electrons. The van der Waals surface area contributed by atoms with Crippen LogP contribution in [0.25, 0.3) is 0 Å². The minimum atomic E-state index is -3.58. The Kier molecular flexibility index (Phi) is 5.69. The predicted molar refractivity (Wildman–Crippen MR) is 94.0 cm³/mol. The molecule has 0 unspecified atom stereocenters. The van der Waals surface area contributed by atoms with Crippen molar-refractivity contribution in [3.8, 4) is 0 Å². The van der Waals surface area contributed by atoms with E-state index >= 15 is 0 Å². The van der Waals surface area contributed by atoms with Crippen LogP contribution in [0.2, 0.25) is 0 Å². The van der Waals surface area contributed by atoms with E-state index in [0.717, 1.165) is 22.6 Å². The second-order valence-electron chi connectivity index (χ2n) is 4.70. The maximum Gasteiger partial charge on any atom is 0.261 e. The molecule has 3 nitrogen and oxygen atoms in total. The molecule has 2 aromatic carbocycles. The van der Waals surface area contributed by atoms with E-state index < -0.39 is 10.0 Å². The molecule has 116 valence electrons. The number of para-hydroxylation sites is 1. The topological polar surface area (TPSA) is 46.2 Å². The summed E-state index contributed by atoms with van der Waals surface area (Å²) in [5.74, 6) is 0.726. The quantitative estimate of drug-likeness (QED) is 0.606. The van der Waals surface area contributed by atoms with Gasteiger partial charge in [-0.3, -0.25) is 4.72 Å². The summed E-state index contributed by atoms with van der Waals surface area (Å²) in [4.78, 5) is 1.16. The molecule has 0 saturated carbocycles. The van der Waals surface area contributed by atoms with Gasteiger partial charge in [-0.2, -0.15) is 0 Å². The molecule has 2 rings (SSSR count). The average molecular weight is 333 g/mol. The van der Waals surface area contributed by atoms with Crippen LogP contribution in [0.4, 0.5) is 5.69 Å². The maximum absolute atomic E-state index is 12.5. The number of rotatable bonds is 7. The van der Waals surface area contributed by atoms with Gasteiger partial charge in [0.25, 0.3) is 10.0 Å². The van der Waals surface area contributed by atoms with E-state index in [9.17, 15) is 8.42 Å². The summed E-state index contributed by atoms with van der Waals surface area (Å²) >= 11 is 1.54. The summed E-state index contributed by atoms with van der Waals surface area (Å²) in [6.07, 6.45) is 2.67. The maximum atomic E-state index is 12.5. The zero-order valence-corrected chi connectivity index (χ0v) is 14.1. The smallest absolute Gasteiger partial charge is 0.261 e. The lowest BCUT2D eigenvalue weighted by Gasteiger charge is -2.12. The van der Waals surface area contributed by atoms with Crippen molar-refractivity contribution in [1.29, 1.82) is 0 Å². The van der Waals surface area contributed by atoms with Crippen LogP contribution in [0.3, 0.4) is 0 Å². The molecule has 0 aromatic heterocycles. The highest BCUT2D eigenvalue weighted by Crippen LogP contribution is 2.28. The van der Waals surface area contributed by atoms with E-state index in [2.05, 4.69) is 11.3 Å². The summed E-state index contributed by atoms with van der Waals surface area (Å²) in [5.41, 5.74) is 1.70. The molecule has 0 fully saturated rings. The third-order valence-electron chi connectivity index (χ3n) is 3.13. The van der Waals surface area contributed by atoms with Crippen molar-refractivity contribution < 1.29 is 8.42 Å². The van der Waals surface area contributed by atoms with Crippen LogP contribution in [0, 0.1) is 0 Å². The number of benzene rings is 2. The highest BCUT2D eigenvalue weighted by Gasteiger charge is 2.15. The number of aryl methyl sites for hydroxylation is 1. The zero-order valence-electron chi connectivity index (χ0n) is 12.5. The van der Waals surface area contributed by atoms with Crippen LogP contribution >= 0.6 is 11.8 Å². The fourth-order valence-electron chi connectivity index (χ4n) is 1.93. The van der Waals surface area contributed by atoms with E-state index in [0.29, 0.717) is 5.69 Å². The van der Waals surface area contributed by atoms with Gasteiger partial charge in [0.15, 0.2) is 0 Å².